The van der Waals surface area contributed by atoms with Crippen LogP contribution in [0.3, 0.4) is 0 Å². The molecule has 0 saturated carbocycles. The fraction of sp³-hybridized carbons (Fsp3) is 0.685. The maximum absolute atomic E-state index is 12.8. The Morgan fingerprint density at radius 1 is 0.556 bits per heavy atom. The first-order chi connectivity index (χ1) is 30.5. The van der Waals surface area contributed by atoms with Crippen molar-refractivity contribution in [1.82, 2.24) is 5.32 Å². The van der Waals surface area contributed by atoms with Crippen LogP contribution in [0.5, 0.6) is 0 Å². The average molecular weight is 900 g/mol. The molecule has 0 saturated heterocycles. The molecule has 0 spiro atoms. The molecule has 0 aliphatic carbocycles. The minimum Gasteiger partial charge on any atom is -0.387 e. The molecule has 8 nitrogen and oxygen atoms in total. The SMILES string of the molecule is CC/C=C\C/C=C\C/C=C\C/C=C\C/C=C\CC(=O)NC(COP(=O)(O)OCC[N+](C)(C)C)C(O)/C=C/CC/C=C/CC/C=C/CCCCCCCCCCCCCCCCCC. The summed E-state index contributed by atoms with van der Waals surface area (Å²) in [6.07, 6.45) is 64.0. The van der Waals surface area contributed by atoms with Gasteiger partial charge in [-0.2, -0.15) is 0 Å². The molecule has 0 aromatic rings. The number of rotatable bonds is 44. The highest BCUT2D eigenvalue weighted by Crippen LogP contribution is 2.43. The van der Waals surface area contributed by atoms with Crippen molar-refractivity contribution in [3.8, 4) is 0 Å². The lowest BCUT2D eigenvalue weighted by molar-refractivity contribution is -0.870. The third-order valence-electron chi connectivity index (χ3n) is 10.5. The quantitative estimate of drug-likeness (QED) is 0.0243. The van der Waals surface area contributed by atoms with E-state index in [-0.39, 0.29) is 25.5 Å². The number of nitrogens with one attached hydrogen (secondary N) is 1. The van der Waals surface area contributed by atoms with Gasteiger partial charge in [0.05, 0.1) is 39.9 Å². The maximum Gasteiger partial charge on any atom is 0.472 e. The number of hydrogen-bond acceptors (Lipinski definition) is 5. The van der Waals surface area contributed by atoms with Crippen LogP contribution in [0.1, 0.15) is 187 Å². The Bertz CT molecular complexity index is 1340. The van der Waals surface area contributed by atoms with Crippen molar-refractivity contribution in [2.45, 2.75) is 199 Å². The molecule has 0 rings (SSSR count). The van der Waals surface area contributed by atoms with E-state index in [1.54, 1.807) is 12.2 Å². The molecule has 3 N–H and O–H groups in total. The summed E-state index contributed by atoms with van der Waals surface area (Å²) in [5, 5.41) is 13.7. The molecule has 0 bridgehead atoms. The minimum atomic E-state index is -4.38. The Labute approximate surface area is 388 Å². The van der Waals surface area contributed by atoms with E-state index in [9.17, 15) is 19.4 Å². The Morgan fingerprint density at radius 3 is 1.43 bits per heavy atom. The van der Waals surface area contributed by atoms with Gasteiger partial charge in [-0.05, 0) is 70.6 Å². The van der Waals surface area contributed by atoms with Gasteiger partial charge >= 0.3 is 7.82 Å². The number of aliphatic hydroxyl groups excluding tert-OH is 1. The third kappa shape index (κ3) is 47.2. The number of nitrogens with zero attached hydrogens (tertiary/aromatic N) is 1. The Hall–Kier alpha value is -2.58. The number of phosphoric acid groups is 1. The van der Waals surface area contributed by atoms with Gasteiger partial charge in [-0.1, -0.05) is 207 Å². The summed E-state index contributed by atoms with van der Waals surface area (Å²) in [4.78, 5) is 23.1. The van der Waals surface area contributed by atoms with E-state index in [1.165, 1.54) is 109 Å². The average Bonchev–Trinajstić information content (AvgIpc) is 3.24. The number of unbranched alkanes of at least 4 members (excludes halogenated alkanes) is 18. The molecule has 0 fully saturated rings. The molecule has 362 valence electrons. The van der Waals surface area contributed by atoms with Crippen molar-refractivity contribution in [3.63, 3.8) is 0 Å². The van der Waals surface area contributed by atoms with E-state index in [0.717, 1.165) is 51.4 Å². The van der Waals surface area contributed by atoms with Crippen molar-refractivity contribution in [1.29, 1.82) is 0 Å². The summed E-state index contributed by atoms with van der Waals surface area (Å²) in [5.41, 5.74) is 0. The predicted molar refractivity (Wildman–Crippen MR) is 272 cm³/mol. The summed E-state index contributed by atoms with van der Waals surface area (Å²) >= 11 is 0. The third-order valence-corrected chi connectivity index (χ3v) is 11.5. The number of carbonyl (C=O) groups excluding carboxylic acids is 1. The first kappa shape index (κ1) is 60.4. The normalized spacial score (nSPS) is 15.0. The summed E-state index contributed by atoms with van der Waals surface area (Å²) in [6, 6.07) is -0.930. The van der Waals surface area contributed by atoms with Crippen LogP contribution in [-0.4, -0.2) is 73.4 Å². The number of amides is 1. The van der Waals surface area contributed by atoms with Crippen LogP contribution in [0, 0.1) is 0 Å². The number of phosphoric ester groups is 1. The van der Waals surface area contributed by atoms with Crippen molar-refractivity contribution < 1.29 is 32.9 Å². The molecule has 9 heteroatoms. The van der Waals surface area contributed by atoms with Crippen molar-refractivity contribution >= 4 is 13.7 Å². The van der Waals surface area contributed by atoms with Crippen LogP contribution in [-0.2, 0) is 18.4 Å². The van der Waals surface area contributed by atoms with E-state index in [1.807, 2.05) is 33.3 Å². The molecular formula is C54H96N2O6P+. The van der Waals surface area contributed by atoms with E-state index < -0.39 is 20.0 Å². The van der Waals surface area contributed by atoms with Gasteiger partial charge in [-0.3, -0.25) is 13.8 Å². The van der Waals surface area contributed by atoms with Gasteiger partial charge in [0.15, 0.2) is 0 Å². The standard InChI is InChI=1S/C54H95N2O6P/c1-6-8-10-12-14-16-18-20-22-23-24-25-26-27-28-29-30-31-32-34-35-37-39-41-43-45-47-53(57)52(51-62-63(59,60)61-50-49-56(3,4)5)55-54(58)48-46-44-42-40-38-36-33-21-19-17-15-13-11-9-7-2/h9,11,15,17,21,31-33,37-40,44-47,52-53,57H,6-8,10,12-14,16,18-20,22-30,34-36,41-43,48-51H2,1-5H3,(H-,55,58,59,60)/p+1/b11-9-,17-15-,32-31+,33-21-,39-37+,40-38-,46-44-,47-45+. The molecule has 3 unspecified atom stereocenters. The number of likely N-dealkylation sites (N-methyl/N-ethyl adjacent to an activating group) is 1. The van der Waals surface area contributed by atoms with Crippen LogP contribution >= 0.6 is 7.82 Å². The molecular weight excluding hydrogens is 804 g/mol. The summed E-state index contributed by atoms with van der Waals surface area (Å²) in [5.74, 6) is -0.321. The van der Waals surface area contributed by atoms with Crippen LogP contribution in [0.4, 0.5) is 0 Å². The minimum absolute atomic E-state index is 0.0320. The van der Waals surface area contributed by atoms with Crippen molar-refractivity contribution in [2.24, 2.45) is 0 Å². The zero-order valence-corrected chi connectivity index (χ0v) is 41.9. The molecule has 0 aliphatic rings. The highest BCUT2D eigenvalue weighted by molar-refractivity contribution is 7.47. The lowest BCUT2D eigenvalue weighted by atomic mass is 10.0. The lowest BCUT2D eigenvalue weighted by Gasteiger charge is -2.25. The van der Waals surface area contributed by atoms with E-state index in [0.29, 0.717) is 17.4 Å². The number of quaternary nitrogens is 1. The fourth-order valence-corrected chi connectivity index (χ4v) is 7.35. The largest absolute Gasteiger partial charge is 0.472 e. The van der Waals surface area contributed by atoms with Crippen LogP contribution < -0.4 is 5.32 Å². The van der Waals surface area contributed by atoms with Gasteiger partial charge in [-0.25, -0.2) is 4.57 Å². The summed E-state index contributed by atoms with van der Waals surface area (Å²) in [6.45, 7) is 4.58. The predicted octanol–water partition coefficient (Wildman–Crippen LogP) is 14.7. The zero-order valence-electron chi connectivity index (χ0n) is 41.0. The Morgan fingerprint density at radius 2 is 0.968 bits per heavy atom. The molecule has 0 aromatic heterocycles. The van der Waals surface area contributed by atoms with Gasteiger partial charge in [0.25, 0.3) is 0 Å². The highest BCUT2D eigenvalue weighted by atomic mass is 31.2. The number of aliphatic hydroxyl groups is 1. The van der Waals surface area contributed by atoms with Crippen LogP contribution in [0.25, 0.3) is 0 Å². The highest BCUT2D eigenvalue weighted by Gasteiger charge is 2.27. The van der Waals surface area contributed by atoms with Crippen LogP contribution in [0.2, 0.25) is 0 Å². The van der Waals surface area contributed by atoms with Gasteiger partial charge in [0.1, 0.15) is 13.2 Å². The molecule has 1 amide bonds. The molecule has 0 aromatic carbocycles. The fourth-order valence-electron chi connectivity index (χ4n) is 6.61. The first-order valence-corrected chi connectivity index (χ1v) is 26.6. The van der Waals surface area contributed by atoms with Gasteiger partial charge in [0, 0.05) is 6.42 Å². The monoisotopic (exact) mass is 900 g/mol. The van der Waals surface area contributed by atoms with Crippen molar-refractivity contribution in [2.75, 3.05) is 40.9 Å². The summed E-state index contributed by atoms with van der Waals surface area (Å²) < 4.78 is 23.5. The van der Waals surface area contributed by atoms with Crippen LogP contribution in [0.15, 0.2) is 97.2 Å². The second-order valence-electron chi connectivity index (χ2n) is 17.8. The molecule has 0 radical (unpaired) electrons. The summed E-state index contributed by atoms with van der Waals surface area (Å²) in [7, 11) is 1.48. The first-order valence-electron chi connectivity index (χ1n) is 25.1. The Balaban J connectivity index is 4.46. The smallest absolute Gasteiger partial charge is 0.387 e. The number of carbonyl (C=O) groups is 1. The zero-order chi connectivity index (χ0) is 46.4. The van der Waals surface area contributed by atoms with Crippen molar-refractivity contribution in [3.05, 3.63) is 97.2 Å². The second-order valence-corrected chi connectivity index (χ2v) is 19.3. The molecule has 0 aliphatic heterocycles. The topological polar surface area (TPSA) is 105 Å². The number of hydrogen-bond donors (Lipinski definition) is 3. The molecule has 0 heterocycles. The van der Waals surface area contributed by atoms with Gasteiger partial charge in [0.2, 0.25) is 5.91 Å². The van der Waals surface area contributed by atoms with E-state index in [4.69, 9.17) is 9.05 Å². The Kier molecular flexibility index (Phi) is 42.8. The number of allylic oxidation sites excluding steroid dienone is 14. The second kappa shape index (κ2) is 44.6. The molecule has 3 atom stereocenters. The van der Waals surface area contributed by atoms with E-state index >= 15 is 0 Å². The van der Waals surface area contributed by atoms with E-state index in [2.05, 4.69) is 92.1 Å². The van der Waals surface area contributed by atoms with Gasteiger partial charge < -0.3 is 19.8 Å². The maximum atomic E-state index is 12.8. The lowest BCUT2D eigenvalue weighted by Crippen LogP contribution is -2.45. The van der Waals surface area contributed by atoms with Gasteiger partial charge in [-0.15, -0.1) is 0 Å². The molecule has 63 heavy (non-hydrogen) atoms.